The summed E-state index contributed by atoms with van der Waals surface area (Å²) < 4.78 is 0. The highest BCUT2D eigenvalue weighted by Crippen LogP contribution is 2.28. The Labute approximate surface area is 132 Å². The lowest BCUT2D eigenvalue weighted by Gasteiger charge is -2.12. The minimum atomic E-state index is -0.427. The van der Waals surface area contributed by atoms with E-state index in [2.05, 4.69) is 9.97 Å². The Bertz CT molecular complexity index is 920. The van der Waals surface area contributed by atoms with Gasteiger partial charge in [-0.2, -0.15) is 0 Å². The van der Waals surface area contributed by atoms with Crippen molar-refractivity contribution in [3.63, 3.8) is 0 Å². The fraction of sp³-hybridized carbons (Fsp3) is 0.111. The fourth-order valence-electron chi connectivity index (χ4n) is 2.73. The van der Waals surface area contributed by atoms with E-state index in [0.29, 0.717) is 16.7 Å². The van der Waals surface area contributed by atoms with Gasteiger partial charge in [0.25, 0.3) is 11.8 Å². The monoisotopic (exact) mass is 303 g/mol. The number of amides is 2. The first-order valence-corrected chi connectivity index (χ1v) is 7.29. The molecular weight excluding hydrogens is 290 g/mol. The van der Waals surface area contributed by atoms with E-state index in [9.17, 15) is 9.59 Å². The maximum absolute atomic E-state index is 12.6. The Balaban J connectivity index is 1.92. The second-order valence-electron chi connectivity index (χ2n) is 5.63. The maximum Gasteiger partial charge on any atom is 0.286 e. The van der Waals surface area contributed by atoms with Crippen molar-refractivity contribution >= 4 is 28.5 Å². The van der Waals surface area contributed by atoms with Gasteiger partial charge in [-0.15, -0.1) is 0 Å². The van der Waals surface area contributed by atoms with Gasteiger partial charge < -0.3 is 0 Å². The standard InChI is InChI=1S/C18H13N3O2/c1-10-8-13-14(9-11(10)2)20-16-15(19-13)17(22)21(18(16)23)12-6-4-3-5-7-12/h3-9H,1-2H3. The molecule has 5 nitrogen and oxygen atoms in total. The summed E-state index contributed by atoms with van der Waals surface area (Å²) in [5, 5.41) is 0. The molecule has 4 rings (SSSR count). The summed E-state index contributed by atoms with van der Waals surface area (Å²) in [6.45, 7) is 3.96. The van der Waals surface area contributed by atoms with Gasteiger partial charge in [0, 0.05) is 0 Å². The van der Waals surface area contributed by atoms with E-state index in [4.69, 9.17) is 0 Å². The van der Waals surface area contributed by atoms with Gasteiger partial charge >= 0.3 is 0 Å². The second-order valence-corrected chi connectivity index (χ2v) is 5.63. The van der Waals surface area contributed by atoms with Crippen molar-refractivity contribution in [1.29, 1.82) is 0 Å². The molecule has 0 saturated carbocycles. The minimum absolute atomic E-state index is 0.120. The molecule has 0 atom stereocenters. The summed E-state index contributed by atoms with van der Waals surface area (Å²) in [7, 11) is 0. The van der Waals surface area contributed by atoms with Gasteiger partial charge in [0.05, 0.1) is 16.7 Å². The van der Waals surface area contributed by atoms with Crippen LogP contribution in [0.15, 0.2) is 42.5 Å². The molecule has 112 valence electrons. The number of aryl methyl sites for hydroxylation is 2. The number of para-hydroxylation sites is 1. The number of benzene rings is 2. The van der Waals surface area contributed by atoms with Crippen LogP contribution in [-0.4, -0.2) is 21.8 Å². The average Bonchev–Trinajstić information content (AvgIpc) is 2.78. The molecule has 0 N–H and O–H groups in total. The molecule has 23 heavy (non-hydrogen) atoms. The van der Waals surface area contributed by atoms with Gasteiger partial charge in [-0.3, -0.25) is 9.59 Å². The Kier molecular flexibility index (Phi) is 2.78. The predicted molar refractivity (Wildman–Crippen MR) is 86.6 cm³/mol. The third kappa shape index (κ3) is 1.93. The Hall–Kier alpha value is -3.08. The third-order valence-corrected chi connectivity index (χ3v) is 4.11. The first kappa shape index (κ1) is 13.6. The lowest BCUT2D eigenvalue weighted by atomic mass is 10.1. The molecule has 5 heteroatoms. The second kappa shape index (κ2) is 4.71. The van der Waals surface area contributed by atoms with Gasteiger partial charge in [-0.1, -0.05) is 18.2 Å². The number of fused-ring (bicyclic) bond motifs is 2. The summed E-state index contributed by atoms with van der Waals surface area (Å²) in [6.07, 6.45) is 0. The first-order chi connectivity index (χ1) is 11.1. The van der Waals surface area contributed by atoms with Crippen molar-refractivity contribution in [2.75, 3.05) is 4.90 Å². The van der Waals surface area contributed by atoms with Crippen LogP contribution in [0.25, 0.3) is 11.0 Å². The van der Waals surface area contributed by atoms with E-state index < -0.39 is 11.8 Å². The highest BCUT2D eigenvalue weighted by molar-refractivity contribution is 6.33. The summed E-state index contributed by atoms with van der Waals surface area (Å²) >= 11 is 0. The van der Waals surface area contributed by atoms with Crippen LogP contribution in [0.1, 0.15) is 32.1 Å². The zero-order valence-corrected chi connectivity index (χ0v) is 12.7. The maximum atomic E-state index is 12.6. The molecule has 0 radical (unpaired) electrons. The molecule has 3 aromatic rings. The minimum Gasteiger partial charge on any atom is -0.266 e. The van der Waals surface area contributed by atoms with Crippen molar-refractivity contribution in [3.05, 3.63) is 65.0 Å². The number of aromatic nitrogens is 2. The first-order valence-electron chi connectivity index (χ1n) is 7.29. The highest BCUT2D eigenvalue weighted by Gasteiger charge is 2.39. The van der Waals surface area contributed by atoms with E-state index in [0.717, 1.165) is 16.0 Å². The summed E-state index contributed by atoms with van der Waals surface area (Å²) in [4.78, 5) is 35.1. The normalized spacial score (nSPS) is 13.7. The van der Waals surface area contributed by atoms with Gasteiger partial charge in [0.15, 0.2) is 11.4 Å². The summed E-state index contributed by atoms with van der Waals surface area (Å²) in [5.74, 6) is -0.854. The number of rotatable bonds is 1. The number of carbonyl (C=O) groups is 2. The zero-order chi connectivity index (χ0) is 16.1. The summed E-state index contributed by atoms with van der Waals surface area (Å²) in [6, 6.07) is 12.6. The van der Waals surface area contributed by atoms with Crippen molar-refractivity contribution in [2.24, 2.45) is 0 Å². The van der Waals surface area contributed by atoms with Crippen LogP contribution in [-0.2, 0) is 0 Å². The lowest BCUT2D eigenvalue weighted by Crippen LogP contribution is -2.29. The van der Waals surface area contributed by atoms with Gasteiger partial charge in [-0.05, 0) is 49.2 Å². The van der Waals surface area contributed by atoms with Crippen LogP contribution < -0.4 is 4.90 Å². The third-order valence-electron chi connectivity index (χ3n) is 4.11. The molecule has 0 aliphatic carbocycles. The Morgan fingerprint density at radius 1 is 0.783 bits per heavy atom. The van der Waals surface area contributed by atoms with Gasteiger partial charge in [0.1, 0.15) is 0 Å². The van der Waals surface area contributed by atoms with Crippen LogP contribution >= 0.6 is 0 Å². The zero-order valence-electron chi connectivity index (χ0n) is 12.7. The van der Waals surface area contributed by atoms with E-state index in [1.165, 1.54) is 0 Å². The van der Waals surface area contributed by atoms with Crippen LogP contribution in [0.5, 0.6) is 0 Å². The number of hydrogen-bond acceptors (Lipinski definition) is 4. The smallest absolute Gasteiger partial charge is 0.266 e. The molecular formula is C18H13N3O2. The number of carbonyl (C=O) groups excluding carboxylic acids is 2. The molecule has 1 aromatic heterocycles. The fourth-order valence-corrected chi connectivity index (χ4v) is 2.73. The van der Waals surface area contributed by atoms with E-state index in [1.54, 1.807) is 24.3 Å². The molecule has 0 bridgehead atoms. The quantitative estimate of drug-likeness (QED) is 0.648. The van der Waals surface area contributed by atoms with Crippen LogP contribution in [0, 0.1) is 13.8 Å². The number of anilines is 1. The van der Waals surface area contributed by atoms with Crippen LogP contribution in [0.4, 0.5) is 5.69 Å². The lowest BCUT2D eigenvalue weighted by molar-refractivity contribution is 0.0923. The topological polar surface area (TPSA) is 63.2 Å². The SMILES string of the molecule is Cc1cc2nc3c(nc2cc1C)C(=O)N(c1ccccc1)C3=O. The van der Waals surface area contributed by atoms with Crippen molar-refractivity contribution in [2.45, 2.75) is 13.8 Å². The van der Waals surface area contributed by atoms with Gasteiger partial charge in [0.2, 0.25) is 0 Å². The van der Waals surface area contributed by atoms with E-state index in [-0.39, 0.29) is 11.4 Å². The molecule has 0 fully saturated rings. The van der Waals surface area contributed by atoms with Crippen molar-refractivity contribution in [1.82, 2.24) is 9.97 Å². The van der Waals surface area contributed by atoms with E-state index in [1.807, 2.05) is 32.0 Å². The number of hydrogen-bond donors (Lipinski definition) is 0. The Morgan fingerprint density at radius 2 is 1.26 bits per heavy atom. The molecule has 2 amide bonds. The summed E-state index contributed by atoms with van der Waals surface area (Å²) in [5.41, 5.74) is 4.17. The van der Waals surface area contributed by atoms with Crippen molar-refractivity contribution in [3.8, 4) is 0 Å². The predicted octanol–water partition coefficient (Wildman–Crippen LogP) is 3.05. The number of imide groups is 1. The molecule has 0 spiro atoms. The molecule has 1 aliphatic rings. The van der Waals surface area contributed by atoms with Crippen LogP contribution in [0.2, 0.25) is 0 Å². The largest absolute Gasteiger partial charge is 0.286 e. The van der Waals surface area contributed by atoms with E-state index >= 15 is 0 Å². The number of nitrogens with zero attached hydrogens (tertiary/aromatic N) is 3. The molecule has 1 aliphatic heterocycles. The molecule has 2 heterocycles. The highest BCUT2D eigenvalue weighted by atomic mass is 16.2. The Morgan fingerprint density at radius 3 is 1.74 bits per heavy atom. The van der Waals surface area contributed by atoms with Gasteiger partial charge in [-0.25, -0.2) is 14.9 Å². The molecule has 0 saturated heterocycles. The van der Waals surface area contributed by atoms with Crippen LogP contribution in [0.3, 0.4) is 0 Å². The molecule has 2 aromatic carbocycles. The van der Waals surface area contributed by atoms with Crippen molar-refractivity contribution < 1.29 is 9.59 Å². The molecule has 0 unspecified atom stereocenters. The average molecular weight is 303 g/mol.